The Morgan fingerprint density at radius 1 is 1.28 bits per heavy atom. The molecule has 2 aromatic heterocycles. The predicted molar refractivity (Wildman–Crippen MR) is 138 cm³/mol. The molecule has 3 aromatic rings. The van der Waals surface area contributed by atoms with Crippen LogP contribution in [-0.4, -0.2) is 30.4 Å². The van der Waals surface area contributed by atoms with Crippen molar-refractivity contribution in [2.45, 2.75) is 52.5 Å². The number of hydrogen-bond donors (Lipinski definition) is 3. The van der Waals surface area contributed by atoms with Gasteiger partial charge in [0.1, 0.15) is 16.5 Å². The van der Waals surface area contributed by atoms with Crippen molar-refractivity contribution >= 4 is 34.0 Å². The number of carbonyl (C=O) groups excluding carboxylic acids is 2. The highest BCUT2D eigenvalue weighted by Gasteiger charge is 2.26. The van der Waals surface area contributed by atoms with Crippen molar-refractivity contribution in [3.63, 3.8) is 0 Å². The SMILES string of the molecule is CCOc1ccccc1CCC(=O)Nc1sc2c(c1N)CCC(COC(=O)NCc1cnoc1C)C2. The first-order valence-electron chi connectivity index (χ1n) is 12.2. The lowest BCUT2D eigenvalue weighted by atomic mass is 9.89. The first kappa shape index (κ1) is 25.6. The standard InChI is InChI=1S/C26H32N4O5S/c1-3-33-21-7-5-4-6-18(21)9-11-23(31)30-25-24(27)20-10-8-17(12-22(20)36-25)15-34-26(32)28-13-19-14-29-35-16(19)2/h4-7,14,17H,3,8-13,15,27H2,1-2H3,(H,28,32)(H,30,31). The van der Waals surface area contributed by atoms with E-state index in [1.165, 1.54) is 11.3 Å². The van der Waals surface area contributed by atoms with Gasteiger partial charge in [0.15, 0.2) is 0 Å². The largest absolute Gasteiger partial charge is 0.494 e. The number of rotatable bonds is 10. The number of anilines is 2. The molecule has 0 radical (unpaired) electrons. The summed E-state index contributed by atoms with van der Waals surface area (Å²) in [5.41, 5.74) is 9.95. The van der Waals surface area contributed by atoms with Gasteiger partial charge in [-0.25, -0.2) is 4.79 Å². The van der Waals surface area contributed by atoms with Gasteiger partial charge in [-0.15, -0.1) is 11.3 Å². The van der Waals surface area contributed by atoms with E-state index < -0.39 is 6.09 Å². The van der Waals surface area contributed by atoms with Gasteiger partial charge >= 0.3 is 6.09 Å². The number of aromatic nitrogens is 1. The number of nitrogens with zero attached hydrogens (tertiary/aromatic N) is 1. The minimum absolute atomic E-state index is 0.0776. The molecule has 36 heavy (non-hydrogen) atoms. The van der Waals surface area contributed by atoms with Crippen molar-refractivity contribution < 1.29 is 23.6 Å². The van der Waals surface area contributed by atoms with Gasteiger partial charge in [-0.2, -0.15) is 0 Å². The zero-order chi connectivity index (χ0) is 25.5. The van der Waals surface area contributed by atoms with Gasteiger partial charge in [-0.05, 0) is 62.6 Å². The Hall–Kier alpha value is -3.53. The fourth-order valence-electron chi connectivity index (χ4n) is 4.26. The van der Waals surface area contributed by atoms with Gasteiger partial charge in [0.2, 0.25) is 5.91 Å². The van der Waals surface area contributed by atoms with E-state index >= 15 is 0 Å². The lowest BCUT2D eigenvalue weighted by Crippen LogP contribution is -2.27. The molecule has 0 aliphatic heterocycles. The summed E-state index contributed by atoms with van der Waals surface area (Å²) < 4.78 is 16.1. The van der Waals surface area contributed by atoms with Crippen molar-refractivity contribution in [2.24, 2.45) is 5.92 Å². The Morgan fingerprint density at radius 2 is 2.11 bits per heavy atom. The van der Waals surface area contributed by atoms with E-state index in [2.05, 4.69) is 15.8 Å². The van der Waals surface area contributed by atoms with Crippen LogP contribution in [0.5, 0.6) is 5.75 Å². The summed E-state index contributed by atoms with van der Waals surface area (Å²) >= 11 is 1.52. The molecule has 0 bridgehead atoms. The second-order valence-electron chi connectivity index (χ2n) is 8.80. The van der Waals surface area contributed by atoms with Crippen LogP contribution in [0.2, 0.25) is 0 Å². The van der Waals surface area contributed by atoms with E-state index in [4.69, 9.17) is 19.7 Å². The van der Waals surface area contributed by atoms with Crippen molar-refractivity contribution in [1.29, 1.82) is 0 Å². The number of para-hydroxylation sites is 1. The van der Waals surface area contributed by atoms with Gasteiger partial charge in [-0.3, -0.25) is 4.79 Å². The Bertz CT molecular complexity index is 1200. The maximum absolute atomic E-state index is 12.7. The molecule has 2 heterocycles. The Labute approximate surface area is 214 Å². The summed E-state index contributed by atoms with van der Waals surface area (Å²) in [5, 5.41) is 10.1. The number of aryl methyl sites for hydroxylation is 2. The Balaban J connectivity index is 1.26. The summed E-state index contributed by atoms with van der Waals surface area (Å²) in [6.45, 7) is 4.95. The quantitative estimate of drug-likeness (QED) is 0.361. The number of thiophene rings is 1. The van der Waals surface area contributed by atoms with Gasteiger partial charge in [0.25, 0.3) is 0 Å². The molecule has 1 unspecified atom stereocenters. The van der Waals surface area contributed by atoms with Crippen LogP contribution in [0, 0.1) is 12.8 Å². The highest BCUT2D eigenvalue weighted by molar-refractivity contribution is 7.17. The number of amides is 2. The van der Waals surface area contributed by atoms with Crippen molar-refractivity contribution in [1.82, 2.24) is 10.5 Å². The zero-order valence-electron chi connectivity index (χ0n) is 20.6. The van der Waals surface area contributed by atoms with E-state index in [1.807, 2.05) is 31.2 Å². The molecular formula is C26H32N4O5S. The van der Waals surface area contributed by atoms with Crippen LogP contribution in [0.4, 0.5) is 15.5 Å². The second kappa shape index (κ2) is 11.9. The molecule has 9 nitrogen and oxygen atoms in total. The number of hydrogen-bond acceptors (Lipinski definition) is 8. The van der Waals surface area contributed by atoms with Crippen molar-refractivity contribution in [3.05, 3.63) is 57.8 Å². The molecule has 1 aliphatic carbocycles. The van der Waals surface area contributed by atoms with Gasteiger partial charge < -0.3 is 30.4 Å². The molecule has 2 amide bonds. The van der Waals surface area contributed by atoms with Crippen LogP contribution >= 0.6 is 11.3 Å². The minimum atomic E-state index is -0.467. The van der Waals surface area contributed by atoms with Crippen molar-refractivity contribution in [2.75, 3.05) is 24.3 Å². The number of benzene rings is 1. The topological polar surface area (TPSA) is 129 Å². The van der Waals surface area contributed by atoms with E-state index in [-0.39, 0.29) is 11.8 Å². The summed E-state index contributed by atoms with van der Waals surface area (Å²) in [4.78, 5) is 25.9. The second-order valence-corrected chi connectivity index (χ2v) is 9.91. The molecule has 0 saturated carbocycles. The van der Waals surface area contributed by atoms with Crippen molar-refractivity contribution in [3.8, 4) is 5.75 Å². The number of nitrogens with two attached hydrogens (primary N) is 1. The number of fused-ring (bicyclic) bond motifs is 1. The monoisotopic (exact) mass is 512 g/mol. The number of nitrogens with one attached hydrogen (secondary N) is 2. The van der Waals surface area contributed by atoms with E-state index in [0.717, 1.165) is 46.6 Å². The van der Waals surface area contributed by atoms with Gasteiger partial charge in [0.05, 0.1) is 31.6 Å². The molecule has 192 valence electrons. The first-order valence-corrected chi connectivity index (χ1v) is 13.0. The third-order valence-corrected chi connectivity index (χ3v) is 7.46. The number of nitrogen functional groups attached to an aromatic ring is 1. The molecule has 0 saturated heterocycles. The van der Waals surface area contributed by atoms with Gasteiger partial charge in [-0.1, -0.05) is 23.4 Å². The third kappa shape index (κ3) is 6.37. The molecule has 1 aromatic carbocycles. The van der Waals surface area contributed by atoms with Crippen LogP contribution in [0.15, 0.2) is 35.0 Å². The molecule has 1 atom stereocenters. The van der Waals surface area contributed by atoms with Gasteiger partial charge in [0, 0.05) is 16.9 Å². The zero-order valence-corrected chi connectivity index (χ0v) is 21.4. The van der Waals surface area contributed by atoms with Crippen LogP contribution in [0.25, 0.3) is 0 Å². The lowest BCUT2D eigenvalue weighted by molar-refractivity contribution is -0.116. The number of carbonyl (C=O) groups is 2. The smallest absolute Gasteiger partial charge is 0.407 e. The maximum Gasteiger partial charge on any atom is 0.407 e. The molecule has 0 fully saturated rings. The summed E-state index contributed by atoms with van der Waals surface area (Å²) in [7, 11) is 0. The minimum Gasteiger partial charge on any atom is -0.494 e. The molecule has 1 aliphatic rings. The van der Waals surface area contributed by atoms with Crippen LogP contribution in [0.1, 0.15) is 47.1 Å². The van der Waals surface area contributed by atoms with Crippen LogP contribution < -0.4 is 21.1 Å². The summed E-state index contributed by atoms with van der Waals surface area (Å²) in [6.07, 6.45) is 4.47. The third-order valence-electron chi connectivity index (χ3n) is 6.28. The Kier molecular flexibility index (Phi) is 8.48. The highest BCUT2D eigenvalue weighted by Crippen LogP contribution is 2.41. The van der Waals surface area contributed by atoms with E-state index in [0.29, 0.717) is 49.0 Å². The molecule has 10 heteroatoms. The normalized spacial score (nSPS) is 14.7. The average Bonchev–Trinajstić information content (AvgIpc) is 3.42. The highest BCUT2D eigenvalue weighted by atomic mass is 32.1. The first-order chi connectivity index (χ1) is 17.4. The Morgan fingerprint density at radius 3 is 2.89 bits per heavy atom. The van der Waals surface area contributed by atoms with Crippen LogP contribution in [0.3, 0.4) is 0 Å². The molecule has 0 spiro atoms. The number of alkyl carbamates (subject to hydrolysis) is 1. The summed E-state index contributed by atoms with van der Waals surface area (Å²) in [5.74, 6) is 1.61. The van der Waals surface area contributed by atoms with E-state index in [1.54, 1.807) is 13.1 Å². The fourth-order valence-corrected chi connectivity index (χ4v) is 5.56. The summed E-state index contributed by atoms with van der Waals surface area (Å²) in [6, 6.07) is 7.77. The molecule has 4 N–H and O–H groups in total. The van der Waals surface area contributed by atoms with Crippen LogP contribution in [-0.2, 0) is 35.3 Å². The number of ether oxygens (including phenoxy) is 2. The molecule has 4 rings (SSSR count). The lowest BCUT2D eigenvalue weighted by Gasteiger charge is -2.22. The maximum atomic E-state index is 12.7. The average molecular weight is 513 g/mol. The molecular weight excluding hydrogens is 480 g/mol. The van der Waals surface area contributed by atoms with E-state index in [9.17, 15) is 9.59 Å². The predicted octanol–water partition coefficient (Wildman–Crippen LogP) is 4.63. The fraction of sp³-hybridized carbons (Fsp3) is 0.423.